The van der Waals surface area contributed by atoms with Gasteiger partial charge >= 0.3 is 5.97 Å². The molecule has 1 amide bonds. The smallest absolute Gasteiger partial charge is 0.330 e. The highest BCUT2D eigenvalue weighted by molar-refractivity contribution is 7.99. The van der Waals surface area contributed by atoms with E-state index in [1.165, 1.54) is 0 Å². The lowest BCUT2D eigenvalue weighted by atomic mass is 10.0. The second kappa shape index (κ2) is 6.10. The second-order valence-electron chi connectivity index (χ2n) is 5.43. The van der Waals surface area contributed by atoms with Gasteiger partial charge in [0.05, 0.1) is 0 Å². The maximum atomic E-state index is 12.4. The number of fused-ring (bicyclic) bond motifs is 1. The molecule has 2 aliphatic heterocycles. The molecule has 4 nitrogen and oxygen atoms in total. The highest BCUT2D eigenvalue weighted by atomic mass is 32.2. The molecule has 1 aromatic rings. The van der Waals surface area contributed by atoms with Crippen LogP contribution in [0.3, 0.4) is 0 Å². The fraction of sp³-hybridized carbons (Fsp3) is 0.500. The van der Waals surface area contributed by atoms with Crippen molar-refractivity contribution in [1.82, 2.24) is 4.90 Å². The van der Waals surface area contributed by atoms with Crippen molar-refractivity contribution >= 4 is 23.6 Å². The van der Waals surface area contributed by atoms with Crippen molar-refractivity contribution in [1.29, 1.82) is 0 Å². The summed E-state index contributed by atoms with van der Waals surface area (Å²) >= 11 is 1.75. The van der Waals surface area contributed by atoms with Crippen LogP contribution >= 0.6 is 11.8 Å². The maximum absolute atomic E-state index is 12.4. The van der Waals surface area contributed by atoms with Crippen molar-refractivity contribution in [2.75, 3.05) is 5.75 Å². The first-order chi connectivity index (χ1) is 10.2. The van der Waals surface area contributed by atoms with Crippen molar-refractivity contribution in [2.45, 2.75) is 43.7 Å². The number of rotatable bonds is 5. The number of esters is 1. The van der Waals surface area contributed by atoms with Gasteiger partial charge in [0.1, 0.15) is 12.6 Å². The molecule has 0 saturated carbocycles. The van der Waals surface area contributed by atoms with Gasteiger partial charge in [0, 0.05) is 17.7 Å². The number of benzene rings is 1. The van der Waals surface area contributed by atoms with E-state index in [9.17, 15) is 9.59 Å². The third-order valence-corrected chi connectivity index (χ3v) is 5.31. The van der Waals surface area contributed by atoms with E-state index < -0.39 is 6.04 Å². The minimum atomic E-state index is -0.398. The van der Waals surface area contributed by atoms with Crippen LogP contribution in [-0.2, 0) is 20.9 Å². The zero-order valence-corrected chi connectivity index (χ0v) is 12.8. The number of carbonyl (C=O) groups excluding carboxylic acids is 2. The summed E-state index contributed by atoms with van der Waals surface area (Å²) in [6.45, 7) is 2.35. The summed E-state index contributed by atoms with van der Waals surface area (Å²) in [5.74, 6) is 0.767. The fourth-order valence-electron chi connectivity index (χ4n) is 3.10. The summed E-state index contributed by atoms with van der Waals surface area (Å²) in [6, 6.07) is 9.47. The van der Waals surface area contributed by atoms with Crippen LogP contribution in [0.2, 0.25) is 0 Å². The molecule has 112 valence electrons. The lowest BCUT2D eigenvalue weighted by Gasteiger charge is -2.37. The summed E-state index contributed by atoms with van der Waals surface area (Å²) in [7, 11) is 0. The molecule has 1 aromatic carbocycles. The Balaban J connectivity index is 1.65. The monoisotopic (exact) mass is 305 g/mol. The number of hydrogen-bond acceptors (Lipinski definition) is 4. The number of nitrogens with zero attached hydrogens (tertiary/aromatic N) is 1. The summed E-state index contributed by atoms with van der Waals surface area (Å²) in [5, 5.41) is 0.176. The number of β-lactam (4-membered cyclic amide) rings is 1. The molecule has 1 unspecified atom stereocenters. The van der Waals surface area contributed by atoms with Crippen LogP contribution in [0.25, 0.3) is 0 Å². The molecule has 2 heterocycles. The highest BCUT2D eigenvalue weighted by Crippen LogP contribution is 2.41. The minimum Gasteiger partial charge on any atom is -0.459 e. The molecule has 0 N–H and O–H groups in total. The van der Waals surface area contributed by atoms with Gasteiger partial charge in [-0.25, -0.2) is 4.79 Å². The Labute approximate surface area is 128 Å². The third kappa shape index (κ3) is 2.79. The summed E-state index contributed by atoms with van der Waals surface area (Å²) in [6.07, 6.45) is 1.50. The summed E-state index contributed by atoms with van der Waals surface area (Å²) < 4.78 is 5.44. The van der Waals surface area contributed by atoms with Gasteiger partial charge in [-0.2, -0.15) is 11.8 Å². The van der Waals surface area contributed by atoms with Gasteiger partial charge in [-0.3, -0.25) is 4.79 Å². The number of ether oxygens (including phenoxy) is 1. The first-order valence-electron chi connectivity index (χ1n) is 7.34. The van der Waals surface area contributed by atoms with E-state index >= 15 is 0 Å². The molecule has 3 rings (SSSR count). The third-order valence-electron chi connectivity index (χ3n) is 4.09. The van der Waals surface area contributed by atoms with Crippen LogP contribution in [0.4, 0.5) is 0 Å². The van der Waals surface area contributed by atoms with Crippen molar-refractivity contribution < 1.29 is 14.3 Å². The Morgan fingerprint density at radius 2 is 2.14 bits per heavy atom. The molecule has 21 heavy (non-hydrogen) atoms. The number of carbonyl (C=O) groups is 2. The van der Waals surface area contributed by atoms with E-state index in [1.807, 2.05) is 30.3 Å². The average molecular weight is 305 g/mol. The van der Waals surface area contributed by atoms with E-state index in [0.717, 1.165) is 17.7 Å². The van der Waals surface area contributed by atoms with Gasteiger partial charge in [0.15, 0.2) is 0 Å². The molecule has 2 fully saturated rings. The fourth-order valence-corrected chi connectivity index (χ4v) is 4.32. The number of thioether (sulfide) groups is 1. The lowest BCUT2D eigenvalue weighted by molar-refractivity contribution is -0.161. The molecule has 2 aliphatic rings. The minimum absolute atomic E-state index is 0.0841. The molecule has 0 radical (unpaired) electrons. The standard InChI is InChI=1S/C16H19NO3S/c1-2-21-13-8-12-9-14(18)17(12)15(13)16(19)20-10-11-6-4-3-5-7-11/h3-7,12-13,15H,2,8-10H2,1H3/t12?,13-,15-/m0/s1. The number of hydrogen-bond donors (Lipinski definition) is 0. The zero-order chi connectivity index (χ0) is 14.8. The van der Waals surface area contributed by atoms with Gasteiger partial charge in [0.25, 0.3) is 0 Å². The van der Waals surface area contributed by atoms with Crippen molar-refractivity contribution in [3.63, 3.8) is 0 Å². The maximum Gasteiger partial charge on any atom is 0.330 e. The van der Waals surface area contributed by atoms with Gasteiger partial charge in [-0.15, -0.1) is 0 Å². The van der Waals surface area contributed by atoms with Crippen molar-refractivity contribution in [2.24, 2.45) is 0 Å². The Morgan fingerprint density at radius 3 is 2.81 bits per heavy atom. The van der Waals surface area contributed by atoms with Crippen LogP contribution < -0.4 is 0 Å². The normalized spacial score (nSPS) is 27.2. The zero-order valence-electron chi connectivity index (χ0n) is 12.0. The quantitative estimate of drug-likeness (QED) is 0.618. The van der Waals surface area contributed by atoms with E-state index in [-0.39, 0.29) is 29.8 Å². The van der Waals surface area contributed by atoms with Crippen LogP contribution in [0.1, 0.15) is 25.3 Å². The molecule has 5 heteroatoms. The molecule has 3 atom stereocenters. The van der Waals surface area contributed by atoms with Gasteiger partial charge in [0.2, 0.25) is 5.91 Å². The summed E-state index contributed by atoms with van der Waals surface area (Å²) in [5.41, 5.74) is 0.968. The van der Waals surface area contributed by atoms with Crippen LogP contribution in [0.15, 0.2) is 30.3 Å². The predicted molar refractivity (Wildman–Crippen MR) is 81.8 cm³/mol. The van der Waals surface area contributed by atoms with Gasteiger partial charge in [-0.05, 0) is 17.7 Å². The van der Waals surface area contributed by atoms with E-state index in [0.29, 0.717) is 6.42 Å². The molecule has 0 spiro atoms. The molecule has 0 bridgehead atoms. The predicted octanol–water partition coefficient (Wildman–Crippen LogP) is 2.22. The SMILES string of the molecule is CCS[C@H]1CC2CC(=O)N2[C@@H]1C(=O)OCc1ccccc1. The van der Waals surface area contributed by atoms with Crippen molar-refractivity contribution in [3.8, 4) is 0 Å². The van der Waals surface area contributed by atoms with E-state index in [4.69, 9.17) is 4.74 Å². The molecule has 0 aromatic heterocycles. The van der Waals surface area contributed by atoms with E-state index in [1.54, 1.807) is 16.7 Å². The summed E-state index contributed by atoms with van der Waals surface area (Å²) in [4.78, 5) is 25.9. The Kier molecular flexibility index (Phi) is 4.19. The lowest BCUT2D eigenvalue weighted by Crippen LogP contribution is -2.55. The highest BCUT2D eigenvalue weighted by Gasteiger charge is 2.54. The largest absolute Gasteiger partial charge is 0.459 e. The first kappa shape index (κ1) is 14.4. The van der Waals surface area contributed by atoms with Crippen molar-refractivity contribution in [3.05, 3.63) is 35.9 Å². The van der Waals surface area contributed by atoms with Gasteiger partial charge in [-0.1, -0.05) is 37.3 Å². The van der Waals surface area contributed by atoms with E-state index in [2.05, 4.69) is 6.92 Å². The number of amides is 1. The average Bonchev–Trinajstić information content (AvgIpc) is 2.79. The Hall–Kier alpha value is -1.49. The van der Waals surface area contributed by atoms with Crippen LogP contribution in [0.5, 0.6) is 0 Å². The first-order valence-corrected chi connectivity index (χ1v) is 8.39. The van der Waals surface area contributed by atoms with Crippen LogP contribution in [0, 0.1) is 0 Å². The van der Waals surface area contributed by atoms with Crippen LogP contribution in [-0.4, -0.2) is 39.9 Å². The topological polar surface area (TPSA) is 46.6 Å². The molecule has 0 aliphatic carbocycles. The van der Waals surface area contributed by atoms with Gasteiger partial charge < -0.3 is 9.64 Å². The second-order valence-corrected chi connectivity index (χ2v) is 6.94. The molecular weight excluding hydrogens is 286 g/mol. The molecule has 2 saturated heterocycles. The Morgan fingerprint density at radius 1 is 1.38 bits per heavy atom. The Bertz CT molecular complexity index is 534. The molecular formula is C16H19NO3S.